The van der Waals surface area contributed by atoms with Gasteiger partial charge in [-0.3, -0.25) is 0 Å². The molecule has 152 valence electrons. The molecule has 0 bridgehead atoms. The van der Waals surface area contributed by atoms with E-state index in [1.54, 1.807) is 0 Å². The normalized spacial score (nSPS) is 10.0. The summed E-state index contributed by atoms with van der Waals surface area (Å²) < 4.78 is 0. The van der Waals surface area contributed by atoms with Crippen LogP contribution in [0.4, 0.5) is 28.4 Å². The zero-order valence-electron chi connectivity index (χ0n) is 18.3. The molecule has 0 aliphatic rings. The van der Waals surface area contributed by atoms with Crippen LogP contribution in [0, 0.1) is 6.92 Å². The van der Waals surface area contributed by atoms with Crippen molar-refractivity contribution in [3.63, 3.8) is 0 Å². The summed E-state index contributed by atoms with van der Waals surface area (Å²) in [6.07, 6.45) is 0. The minimum atomic E-state index is 1.14. The second-order valence-electron chi connectivity index (χ2n) is 6.92. The first-order chi connectivity index (χ1) is 14.7. The van der Waals surface area contributed by atoms with E-state index in [-0.39, 0.29) is 0 Å². The highest BCUT2D eigenvalue weighted by Gasteiger charge is 2.12. The van der Waals surface area contributed by atoms with E-state index in [4.69, 9.17) is 0 Å². The van der Waals surface area contributed by atoms with Gasteiger partial charge in [-0.15, -0.1) is 0 Å². The molecular formula is C28H30N2. The second-order valence-corrected chi connectivity index (χ2v) is 6.92. The molecule has 4 rings (SSSR count). The van der Waals surface area contributed by atoms with E-state index in [9.17, 15) is 0 Å². The van der Waals surface area contributed by atoms with Crippen LogP contribution in [0.25, 0.3) is 0 Å². The van der Waals surface area contributed by atoms with Gasteiger partial charge in [-0.1, -0.05) is 67.9 Å². The van der Waals surface area contributed by atoms with E-state index >= 15 is 0 Å². The van der Waals surface area contributed by atoms with Gasteiger partial charge in [0, 0.05) is 35.5 Å². The second kappa shape index (κ2) is 10.3. The summed E-state index contributed by atoms with van der Waals surface area (Å²) >= 11 is 0. The highest BCUT2D eigenvalue weighted by atomic mass is 15.1. The van der Waals surface area contributed by atoms with Crippen molar-refractivity contribution < 1.29 is 0 Å². The van der Waals surface area contributed by atoms with Crippen LogP contribution in [0.2, 0.25) is 0 Å². The monoisotopic (exact) mass is 394 g/mol. The lowest BCUT2D eigenvalue weighted by Gasteiger charge is -2.26. The maximum atomic E-state index is 2.28. The van der Waals surface area contributed by atoms with Crippen molar-refractivity contribution >= 4 is 28.4 Å². The standard InChI is InChI=1S/C26H24N2.C2H6/c1-21-13-15-25(16-14-21)28(24-11-7-4-8-12-24)26-19-17-23(18-20-26)27(2)22-9-5-3-6-10-22;1-2/h3-20H,1-2H3;1-2H3. The molecule has 0 unspecified atom stereocenters. The third-order valence-corrected chi connectivity index (χ3v) is 4.95. The summed E-state index contributed by atoms with van der Waals surface area (Å²) in [5.74, 6) is 0. The Morgan fingerprint density at radius 1 is 0.433 bits per heavy atom. The first-order valence-electron chi connectivity index (χ1n) is 10.5. The van der Waals surface area contributed by atoms with Crippen LogP contribution in [-0.4, -0.2) is 7.05 Å². The van der Waals surface area contributed by atoms with Crippen LogP contribution in [0.1, 0.15) is 19.4 Å². The third kappa shape index (κ3) is 4.90. The van der Waals surface area contributed by atoms with Crippen LogP contribution in [0.5, 0.6) is 0 Å². The number of anilines is 5. The quantitative estimate of drug-likeness (QED) is 0.336. The molecule has 0 aliphatic heterocycles. The molecule has 0 saturated heterocycles. The lowest BCUT2D eigenvalue weighted by atomic mass is 10.1. The van der Waals surface area contributed by atoms with Gasteiger partial charge in [-0.05, 0) is 67.6 Å². The van der Waals surface area contributed by atoms with Gasteiger partial charge in [0.2, 0.25) is 0 Å². The molecule has 0 saturated carbocycles. The average molecular weight is 395 g/mol. The molecule has 0 atom stereocenters. The van der Waals surface area contributed by atoms with E-state index in [1.807, 2.05) is 19.9 Å². The fourth-order valence-electron chi connectivity index (χ4n) is 3.34. The minimum absolute atomic E-state index is 1.14. The number of nitrogens with zero attached hydrogens (tertiary/aromatic N) is 2. The van der Waals surface area contributed by atoms with Gasteiger partial charge >= 0.3 is 0 Å². The summed E-state index contributed by atoms with van der Waals surface area (Å²) in [7, 11) is 2.10. The fraction of sp³-hybridized carbons (Fsp3) is 0.143. The van der Waals surface area contributed by atoms with Crippen molar-refractivity contribution in [2.75, 3.05) is 16.8 Å². The van der Waals surface area contributed by atoms with E-state index in [0.717, 1.165) is 22.7 Å². The largest absolute Gasteiger partial charge is 0.345 e. The van der Waals surface area contributed by atoms with Gasteiger partial charge in [0.25, 0.3) is 0 Å². The molecule has 0 radical (unpaired) electrons. The summed E-state index contributed by atoms with van der Waals surface area (Å²) in [5.41, 5.74) is 7.04. The van der Waals surface area contributed by atoms with Crippen LogP contribution >= 0.6 is 0 Å². The molecule has 0 amide bonds. The lowest BCUT2D eigenvalue weighted by Crippen LogP contribution is -2.11. The highest BCUT2D eigenvalue weighted by molar-refractivity contribution is 5.78. The molecule has 4 aromatic carbocycles. The number of aryl methyl sites for hydroxylation is 1. The van der Waals surface area contributed by atoms with Crippen molar-refractivity contribution in [3.05, 3.63) is 115 Å². The molecule has 0 aliphatic carbocycles. The Morgan fingerprint density at radius 3 is 1.27 bits per heavy atom. The number of para-hydroxylation sites is 2. The van der Waals surface area contributed by atoms with Crippen molar-refractivity contribution in [2.24, 2.45) is 0 Å². The first kappa shape index (κ1) is 21.2. The molecule has 0 aromatic heterocycles. The summed E-state index contributed by atoms with van der Waals surface area (Å²) in [6.45, 7) is 6.12. The van der Waals surface area contributed by atoms with Gasteiger partial charge in [-0.25, -0.2) is 0 Å². The number of hydrogen-bond donors (Lipinski definition) is 0. The van der Waals surface area contributed by atoms with Gasteiger partial charge in [0.1, 0.15) is 0 Å². The van der Waals surface area contributed by atoms with E-state index in [0.29, 0.717) is 0 Å². The average Bonchev–Trinajstić information content (AvgIpc) is 2.83. The summed E-state index contributed by atoms with van der Waals surface area (Å²) in [5, 5.41) is 0. The Morgan fingerprint density at radius 2 is 0.767 bits per heavy atom. The van der Waals surface area contributed by atoms with E-state index < -0.39 is 0 Å². The molecule has 30 heavy (non-hydrogen) atoms. The summed E-state index contributed by atoms with van der Waals surface area (Å²) in [6, 6.07) is 38.3. The Hall–Kier alpha value is -3.52. The molecule has 0 heterocycles. The smallest absolute Gasteiger partial charge is 0.0463 e. The first-order valence-corrected chi connectivity index (χ1v) is 10.5. The van der Waals surface area contributed by atoms with Crippen molar-refractivity contribution in [1.29, 1.82) is 0 Å². The molecule has 0 fully saturated rings. The van der Waals surface area contributed by atoms with Crippen molar-refractivity contribution in [2.45, 2.75) is 20.8 Å². The summed E-state index contributed by atoms with van der Waals surface area (Å²) in [4.78, 5) is 4.48. The molecule has 0 spiro atoms. The number of hydrogen-bond acceptors (Lipinski definition) is 2. The molecular weight excluding hydrogens is 364 g/mol. The van der Waals surface area contributed by atoms with Gasteiger partial charge in [0.15, 0.2) is 0 Å². The Labute approximate surface area is 181 Å². The SMILES string of the molecule is CC.Cc1ccc(N(c2ccccc2)c2ccc(N(C)c3ccccc3)cc2)cc1. The molecule has 2 heteroatoms. The van der Waals surface area contributed by atoms with Crippen LogP contribution < -0.4 is 9.80 Å². The maximum Gasteiger partial charge on any atom is 0.0463 e. The lowest BCUT2D eigenvalue weighted by molar-refractivity contribution is 1.20. The Balaban J connectivity index is 0.00000124. The maximum absolute atomic E-state index is 2.28. The van der Waals surface area contributed by atoms with Crippen LogP contribution in [0.3, 0.4) is 0 Å². The Bertz CT molecular complexity index is 1010. The van der Waals surface area contributed by atoms with Gasteiger partial charge < -0.3 is 9.80 Å². The minimum Gasteiger partial charge on any atom is -0.345 e. The van der Waals surface area contributed by atoms with Gasteiger partial charge in [0.05, 0.1) is 0 Å². The van der Waals surface area contributed by atoms with Crippen LogP contribution in [-0.2, 0) is 0 Å². The van der Waals surface area contributed by atoms with Crippen molar-refractivity contribution in [3.8, 4) is 0 Å². The van der Waals surface area contributed by atoms with Crippen molar-refractivity contribution in [1.82, 2.24) is 0 Å². The zero-order chi connectivity index (χ0) is 21.3. The van der Waals surface area contributed by atoms with E-state index in [2.05, 4.69) is 127 Å². The number of rotatable bonds is 5. The van der Waals surface area contributed by atoms with Gasteiger partial charge in [-0.2, -0.15) is 0 Å². The predicted molar refractivity (Wildman–Crippen MR) is 132 cm³/mol. The Kier molecular flexibility index (Phi) is 7.29. The number of benzene rings is 4. The third-order valence-electron chi connectivity index (χ3n) is 4.95. The molecule has 2 nitrogen and oxygen atoms in total. The highest BCUT2D eigenvalue weighted by Crippen LogP contribution is 2.35. The van der Waals surface area contributed by atoms with E-state index in [1.165, 1.54) is 11.3 Å². The zero-order valence-corrected chi connectivity index (χ0v) is 18.3. The fourth-order valence-corrected chi connectivity index (χ4v) is 3.34. The van der Waals surface area contributed by atoms with Crippen LogP contribution in [0.15, 0.2) is 109 Å². The molecule has 4 aromatic rings. The predicted octanol–water partition coefficient (Wildman–Crippen LogP) is 8.26. The molecule has 0 N–H and O–H groups in total. The topological polar surface area (TPSA) is 6.48 Å².